The van der Waals surface area contributed by atoms with Gasteiger partial charge in [-0.2, -0.15) is 4.98 Å². The first-order valence-corrected chi connectivity index (χ1v) is 8.09. The molecule has 21 heavy (non-hydrogen) atoms. The Morgan fingerprint density at radius 3 is 2.76 bits per heavy atom. The zero-order chi connectivity index (χ0) is 15.1. The summed E-state index contributed by atoms with van der Waals surface area (Å²) < 4.78 is 14.1. The highest BCUT2D eigenvalue weighted by Gasteiger charge is 2.12. The number of nitrogens with one attached hydrogen (secondary N) is 1. The standard InChI is InChI=1S/C14H10BrClFN3S/c1-6-3-9(15)10(17)5-11(6)18-12-8-4-7(2)21-13(8)20-14(16)19-12/h3-5H,1-2H3,(H,18,19,20). The summed E-state index contributed by atoms with van der Waals surface area (Å²) in [6.07, 6.45) is 0. The van der Waals surface area contributed by atoms with E-state index in [1.807, 2.05) is 19.9 Å². The van der Waals surface area contributed by atoms with Crippen molar-refractivity contribution in [2.75, 3.05) is 5.32 Å². The van der Waals surface area contributed by atoms with Gasteiger partial charge in [-0.25, -0.2) is 9.37 Å². The summed E-state index contributed by atoms with van der Waals surface area (Å²) in [5, 5.41) is 4.20. The normalized spacial score (nSPS) is 11.1. The lowest BCUT2D eigenvalue weighted by Gasteiger charge is -2.11. The van der Waals surface area contributed by atoms with Gasteiger partial charge in [0.2, 0.25) is 5.28 Å². The molecular weight excluding hydrogens is 377 g/mol. The van der Waals surface area contributed by atoms with Crippen molar-refractivity contribution in [1.82, 2.24) is 9.97 Å². The molecule has 0 saturated heterocycles. The number of hydrogen-bond acceptors (Lipinski definition) is 4. The lowest BCUT2D eigenvalue weighted by atomic mass is 10.2. The Kier molecular flexibility index (Phi) is 3.86. The summed E-state index contributed by atoms with van der Waals surface area (Å²) in [5.74, 6) is 0.250. The Balaban J connectivity index is 2.11. The first-order chi connectivity index (χ1) is 9.94. The van der Waals surface area contributed by atoms with Gasteiger partial charge in [-0.1, -0.05) is 0 Å². The van der Waals surface area contributed by atoms with Crippen LogP contribution in [0.5, 0.6) is 0 Å². The summed E-state index contributed by atoms with van der Waals surface area (Å²) in [4.78, 5) is 10.3. The average molecular weight is 387 g/mol. The molecule has 0 amide bonds. The van der Waals surface area contributed by atoms with Crippen LogP contribution in [0.2, 0.25) is 5.28 Å². The van der Waals surface area contributed by atoms with Crippen molar-refractivity contribution >= 4 is 60.6 Å². The maximum atomic E-state index is 13.7. The lowest BCUT2D eigenvalue weighted by Crippen LogP contribution is -1.98. The minimum absolute atomic E-state index is 0.169. The summed E-state index contributed by atoms with van der Waals surface area (Å²) in [6.45, 7) is 3.89. The van der Waals surface area contributed by atoms with E-state index < -0.39 is 0 Å². The second kappa shape index (κ2) is 5.51. The molecule has 3 rings (SSSR count). The van der Waals surface area contributed by atoms with E-state index in [0.717, 1.165) is 20.7 Å². The van der Waals surface area contributed by atoms with Crippen LogP contribution in [0.3, 0.4) is 0 Å². The van der Waals surface area contributed by atoms with Gasteiger partial charge in [-0.3, -0.25) is 0 Å². The predicted molar refractivity (Wildman–Crippen MR) is 89.3 cm³/mol. The Morgan fingerprint density at radius 2 is 2.00 bits per heavy atom. The topological polar surface area (TPSA) is 37.8 Å². The van der Waals surface area contributed by atoms with Crippen LogP contribution >= 0.6 is 38.9 Å². The van der Waals surface area contributed by atoms with Gasteiger partial charge in [0.15, 0.2) is 0 Å². The molecule has 0 atom stereocenters. The third kappa shape index (κ3) is 2.88. The first-order valence-electron chi connectivity index (χ1n) is 6.10. The molecule has 0 aliphatic heterocycles. The molecule has 0 aliphatic carbocycles. The van der Waals surface area contributed by atoms with Crippen molar-refractivity contribution in [3.8, 4) is 0 Å². The molecule has 1 N–H and O–H groups in total. The van der Waals surface area contributed by atoms with Gasteiger partial charge in [0.1, 0.15) is 16.5 Å². The van der Waals surface area contributed by atoms with E-state index in [2.05, 4.69) is 31.2 Å². The molecule has 108 valence electrons. The van der Waals surface area contributed by atoms with Gasteiger partial charge < -0.3 is 5.32 Å². The van der Waals surface area contributed by atoms with Gasteiger partial charge in [0.05, 0.1) is 9.86 Å². The van der Waals surface area contributed by atoms with Crippen molar-refractivity contribution in [1.29, 1.82) is 0 Å². The Morgan fingerprint density at radius 1 is 1.24 bits per heavy atom. The second-order valence-electron chi connectivity index (χ2n) is 4.62. The van der Waals surface area contributed by atoms with Crippen LogP contribution in [0, 0.1) is 19.7 Å². The maximum absolute atomic E-state index is 13.7. The number of rotatable bonds is 2. The van der Waals surface area contributed by atoms with Crippen molar-refractivity contribution in [3.05, 3.63) is 44.2 Å². The van der Waals surface area contributed by atoms with Crippen LogP contribution < -0.4 is 5.32 Å². The van der Waals surface area contributed by atoms with Crippen molar-refractivity contribution in [2.45, 2.75) is 13.8 Å². The van der Waals surface area contributed by atoms with E-state index >= 15 is 0 Å². The van der Waals surface area contributed by atoms with Gasteiger partial charge in [-0.05, 0) is 65.1 Å². The molecule has 0 spiro atoms. The highest BCUT2D eigenvalue weighted by atomic mass is 79.9. The van der Waals surface area contributed by atoms with E-state index in [0.29, 0.717) is 16.0 Å². The number of aromatic nitrogens is 2. The van der Waals surface area contributed by atoms with Crippen LogP contribution in [-0.4, -0.2) is 9.97 Å². The molecule has 0 aliphatic rings. The monoisotopic (exact) mass is 385 g/mol. The minimum atomic E-state index is -0.332. The summed E-state index contributed by atoms with van der Waals surface area (Å²) in [6, 6.07) is 5.14. The second-order valence-corrected chi connectivity index (χ2v) is 7.05. The molecule has 3 aromatic rings. The number of aryl methyl sites for hydroxylation is 2. The summed E-state index contributed by atoms with van der Waals surface area (Å²) in [7, 11) is 0. The number of benzene rings is 1. The third-order valence-corrected chi connectivity index (χ3v) is 4.73. The van der Waals surface area contributed by atoms with Crippen LogP contribution in [0.1, 0.15) is 10.4 Å². The SMILES string of the molecule is Cc1cc2c(Nc3cc(F)c(Br)cc3C)nc(Cl)nc2s1. The molecule has 0 fully saturated rings. The van der Waals surface area contributed by atoms with Gasteiger partial charge in [0.25, 0.3) is 0 Å². The van der Waals surface area contributed by atoms with E-state index in [1.165, 1.54) is 6.07 Å². The average Bonchev–Trinajstić information content (AvgIpc) is 2.76. The summed E-state index contributed by atoms with van der Waals surface area (Å²) >= 11 is 10.7. The van der Waals surface area contributed by atoms with Crippen LogP contribution in [0.4, 0.5) is 15.9 Å². The third-order valence-electron chi connectivity index (χ3n) is 3.01. The van der Waals surface area contributed by atoms with E-state index in [-0.39, 0.29) is 11.1 Å². The fraction of sp³-hybridized carbons (Fsp3) is 0.143. The zero-order valence-electron chi connectivity index (χ0n) is 11.2. The molecule has 3 nitrogen and oxygen atoms in total. The van der Waals surface area contributed by atoms with Crippen LogP contribution in [0.15, 0.2) is 22.7 Å². The Bertz CT molecular complexity index is 850. The number of anilines is 2. The van der Waals surface area contributed by atoms with E-state index in [1.54, 1.807) is 17.4 Å². The highest BCUT2D eigenvalue weighted by Crippen LogP contribution is 2.33. The fourth-order valence-electron chi connectivity index (χ4n) is 2.02. The molecule has 0 bridgehead atoms. The van der Waals surface area contributed by atoms with Crippen molar-refractivity contribution in [3.63, 3.8) is 0 Å². The van der Waals surface area contributed by atoms with Crippen molar-refractivity contribution < 1.29 is 4.39 Å². The smallest absolute Gasteiger partial charge is 0.225 e. The molecular formula is C14H10BrClFN3S. The Hall–Kier alpha value is -1.24. The predicted octanol–water partition coefficient (Wildman–Crippen LogP) is 5.61. The molecule has 2 aromatic heterocycles. The van der Waals surface area contributed by atoms with E-state index in [4.69, 9.17) is 11.6 Å². The van der Waals surface area contributed by atoms with Crippen LogP contribution in [0.25, 0.3) is 10.2 Å². The zero-order valence-corrected chi connectivity index (χ0v) is 14.3. The molecule has 1 aromatic carbocycles. The maximum Gasteiger partial charge on any atom is 0.225 e. The number of nitrogens with zero attached hydrogens (tertiary/aromatic N) is 2. The highest BCUT2D eigenvalue weighted by molar-refractivity contribution is 9.10. The number of fused-ring (bicyclic) bond motifs is 1. The van der Waals surface area contributed by atoms with Gasteiger partial charge >= 0.3 is 0 Å². The Labute approximate surface area is 138 Å². The number of halogens is 3. The molecule has 7 heteroatoms. The molecule has 0 unspecified atom stereocenters. The van der Waals surface area contributed by atoms with E-state index in [9.17, 15) is 4.39 Å². The quantitative estimate of drug-likeness (QED) is 0.582. The van der Waals surface area contributed by atoms with Crippen LogP contribution in [-0.2, 0) is 0 Å². The molecule has 0 saturated carbocycles. The number of thiophene rings is 1. The fourth-order valence-corrected chi connectivity index (χ4v) is 3.58. The van der Waals surface area contributed by atoms with Gasteiger partial charge in [0, 0.05) is 10.6 Å². The number of hydrogen-bond donors (Lipinski definition) is 1. The largest absolute Gasteiger partial charge is 0.339 e. The molecule has 0 radical (unpaired) electrons. The minimum Gasteiger partial charge on any atom is -0.339 e. The summed E-state index contributed by atoms with van der Waals surface area (Å²) in [5.41, 5.74) is 1.55. The lowest BCUT2D eigenvalue weighted by molar-refractivity contribution is 0.621. The first kappa shape index (κ1) is 14.7. The van der Waals surface area contributed by atoms with Gasteiger partial charge in [-0.15, -0.1) is 11.3 Å². The molecule has 2 heterocycles. The van der Waals surface area contributed by atoms with Crippen molar-refractivity contribution in [2.24, 2.45) is 0 Å².